The molecule has 2 heterocycles. The number of carbonyl (C=O) groups is 1. The number of aromatic nitrogens is 4. The van der Waals surface area contributed by atoms with Crippen LogP contribution in [0.1, 0.15) is 30.1 Å². The van der Waals surface area contributed by atoms with Crippen LogP contribution in [0.5, 0.6) is 0 Å². The van der Waals surface area contributed by atoms with E-state index in [0.29, 0.717) is 0 Å². The van der Waals surface area contributed by atoms with Crippen LogP contribution in [-0.4, -0.2) is 40.3 Å². The summed E-state index contributed by atoms with van der Waals surface area (Å²) in [5.41, 5.74) is 0.167. The van der Waals surface area contributed by atoms with Crippen molar-refractivity contribution in [3.05, 3.63) is 65.8 Å². The first-order chi connectivity index (χ1) is 15.3. The summed E-state index contributed by atoms with van der Waals surface area (Å²) < 4.78 is 79.0. The molecule has 0 spiro atoms. The second-order valence-electron chi connectivity index (χ2n) is 7.03. The molecule has 0 aliphatic carbocycles. The number of hydrogen-bond acceptors (Lipinski definition) is 6. The third kappa shape index (κ3) is 6.03. The van der Waals surface area contributed by atoms with Crippen LogP contribution < -0.4 is 10.0 Å². The summed E-state index contributed by atoms with van der Waals surface area (Å²) in [4.78, 5) is 19.9. The van der Waals surface area contributed by atoms with E-state index in [9.17, 15) is 30.8 Å². The molecule has 33 heavy (non-hydrogen) atoms. The number of halogens is 4. The number of amides is 1. The highest BCUT2D eigenvalue weighted by molar-refractivity contribution is 7.92. The largest absolute Gasteiger partial charge is 0.453 e. The fraction of sp³-hybridized carbons (Fsp3) is 0.263. The average Bonchev–Trinajstić information content (AvgIpc) is 3.17. The van der Waals surface area contributed by atoms with Gasteiger partial charge in [-0.2, -0.15) is 13.2 Å². The molecule has 0 saturated heterocycles. The number of hydrogen-bond donors (Lipinski definition) is 2. The molecule has 1 amide bonds. The molecule has 176 valence electrons. The first-order valence-corrected chi connectivity index (χ1v) is 11.2. The molecule has 0 radical (unpaired) electrons. The topological polar surface area (TPSA) is 119 Å². The summed E-state index contributed by atoms with van der Waals surface area (Å²) in [6.07, 6.45) is -1.20. The molecule has 9 nitrogen and oxygen atoms in total. The summed E-state index contributed by atoms with van der Waals surface area (Å²) in [6.45, 7) is 1.07. The van der Waals surface area contributed by atoms with Crippen LogP contribution in [0.25, 0.3) is 5.69 Å². The normalized spacial score (nSPS) is 12.9. The maximum absolute atomic E-state index is 14.2. The Morgan fingerprint density at radius 3 is 2.55 bits per heavy atom. The number of sulfonamides is 1. The number of nitrogens with zero attached hydrogens (tertiary/aromatic N) is 4. The standard InChI is InChI=1S/C19H18F4N6O3S/c1-11(12-5-6-15(14(20)8-12)28-33(2,31)32)17(30)25-10-16-26-18(19(21,22)23)27-29(16)13-4-3-7-24-9-13/h3-9,11,28H,10H2,1-2H3,(H,25,30). The Balaban J connectivity index is 1.78. The minimum atomic E-state index is -4.79. The van der Waals surface area contributed by atoms with Crippen molar-refractivity contribution in [1.29, 1.82) is 0 Å². The van der Waals surface area contributed by atoms with Gasteiger partial charge in [0.15, 0.2) is 5.82 Å². The van der Waals surface area contributed by atoms with E-state index in [1.165, 1.54) is 43.6 Å². The van der Waals surface area contributed by atoms with Gasteiger partial charge < -0.3 is 5.32 Å². The maximum atomic E-state index is 14.2. The minimum absolute atomic E-state index is 0.185. The van der Waals surface area contributed by atoms with Crippen molar-refractivity contribution in [1.82, 2.24) is 25.1 Å². The summed E-state index contributed by atoms with van der Waals surface area (Å²) >= 11 is 0. The number of rotatable bonds is 7. The third-order valence-electron chi connectivity index (χ3n) is 4.42. The molecule has 2 N–H and O–H groups in total. The molecule has 1 unspecified atom stereocenters. The maximum Gasteiger partial charge on any atom is 0.453 e. The van der Waals surface area contributed by atoms with E-state index < -0.39 is 46.2 Å². The lowest BCUT2D eigenvalue weighted by atomic mass is 10.00. The first-order valence-electron chi connectivity index (χ1n) is 9.33. The lowest BCUT2D eigenvalue weighted by molar-refractivity contribution is -0.144. The smallest absolute Gasteiger partial charge is 0.348 e. The number of pyridine rings is 1. The molecule has 1 aromatic carbocycles. The average molecular weight is 486 g/mol. The van der Waals surface area contributed by atoms with Gasteiger partial charge in [0.05, 0.1) is 36.3 Å². The van der Waals surface area contributed by atoms with Crippen molar-refractivity contribution >= 4 is 21.6 Å². The number of nitrogens with one attached hydrogen (secondary N) is 2. The molecule has 0 aliphatic heterocycles. The van der Waals surface area contributed by atoms with Crippen LogP contribution in [0.4, 0.5) is 23.2 Å². The Morgan fingerprint density at radius 2 is 1.97 bits per heavy atom. The van der Waals surface area contributed by atoms with E-state index in [2.05, 4.69) is 20.4 Å². The van der Waals surface area contributed by atoms with Crippen LogP contribution >= 0.6 is 0 Å². The van der Waals surface area contributed by atoms with Gasteiger partial charge in [0.25, 0.3) is 5.82 Å². The fourth-order valence-electron chi connectivity index (χ4n) is 2.82. The molecule has 0 saturated carbocycles. The minimum Gasteiger partial charge on any atom is -0.348 e. The molecular formula is C19H18F4N6O3S. The Hall–Kier alpha value is -3.55. The van der Waals surface area contributed by atoms with Crippen molar-refractivity contribution in [2.45, 2.75) is 25.6 Å². The van der Waals surface area contributed by atoms with Gasteiger partial charge in [0.2, 0.25) is 15.9 Å². The van der Waals surface area contributed by atoms with Crippen LogP contribution in [0.2, 0.25) is 0 Å². The molecule has 1 atom stereocenters. The van der Waals surface area contributed by atoms with E-state index in [1.54, 1.807) is 0 Å². The van der Waals surface area contributed by atoms with Crippen molar-refractivity contribution in [2.75, 3.05) is 11.0 Å². The molecule has 0 aliphatic rings. The highest BCUT2D eigenvalue weighted by atomic mass is 32.2. The zero-order valence-electron chi connectivity index (χ0n) is 17.3. The highest BCUT2D eigenvalue weighted by Crippen LogP contribution is 2.27. The summed E-state index contributed by atoms with van der Waals surface area (Å²) in [5.74, 6) is -3.96. The van der Waals surface area contributed by atoms with Crippen molar-refractivity contribution in [3.8, 4) is 5.69 Å². The van der Waals surface area contributed by atoms with E-state index in [4.69, 9.17) is 0 Å². The predicted molar refractivity (Wildman–Crippen MR) is 109 cm³/mol. The lowest BCUT2D eigenvalue weighted by Crippen LogP contribution is -2.29. The van der Waals surface area contributed by atoms with Gasteiger partial charge >= 0.3 is 6.18 Å². The van der Waals surface area contributed by atoms with Gasteiger partial charge in [0.1, 0.15) is 5.82 Å². The van der Waals surface area contributed by atoms with Gasteiger partial charge in [-0.05, 0) is 36.8 Å². The van der Waals surface area contributed by atoms with E-state index in [-0.39, 0.29) is 22.8 Å². The fourth-order valence-corrected chi connectivity index (χ4v) is 3.38. The Kier molecular flexibility index (Phi) is 6.67. The summed E-state index contributed by atoms with van der Waals surface area (Å²) in [5, 5.41) is 5.93. The Bertz CT molecular complexity index is 1260. The van der Waals surface area contributed by atoms with Gasteiger partial charge in [0, 0.05) is 6.20 Å². The van der Waals surface area contributed by atoms with Crippen LogP contribution in [0.15, 0.2) is 42.7 Å². The van der Waals surface area contributed by atoms with Crippen molar-refractivity contribution in [3.63, 3.8) is 0 Å². The molecule has 2 aromatic heterocycles. The zero-order valence-corrected chi connectivity index (χ0v) is 18.1. The lowest BCUT2D eigenvalue weighted by Gasteiger charge is -2.14. The number of alkyl halides is 3. The van der Waals surface area contributed by atoms with E-state index >= 15 is 0 Å². The molecule has 3 rings (SSSR count). The molecule has 3 aromatic rings. The predicted octanol–water partition coefficient (Wildman–Crippen LogP) is 2.61. The second-order valence-corrected chi connectivity index (χ2v) is 8.77. The monoisotopic (exact) mass is 486 g/mol. The van der Waals surface area contributed by atoms with Gasteiger partial charge in [-0.1, -0.05) is 6.07 Å². The second kappa shape index (κ2) is 9.13. The van der Waals surface area contributed by atoms with Crippen molar-refractivity contribution < 1.29 is 30.8 Å². The van der Waals surface area contributed by atoms with E-state index in [0.717, 1.165) is 17.0 Å². The van der Waals surface area contributed by atoms with Crippen LogP contribution in [0.3, 0.4) is 0 Å². The van der Waals surface area contributed by atoms with Gasteiger partial charge in [-0.25, -0.2) is 22.5 Å². The Labute approximate surface area is 185 Å². The third-order valence-corrected chi connectivity index (χ3v) is 5.01. The number of anilines is 1. The summed E-state index contributed by atoms with van der Waals surface area (Å²) in [6, 6.07) is 6.51. The zero-order chi connectivity index (χ0) is 24.4. The summed E-state index contributed by atoms with van der Waals surface area (Å²) in [7, 11) is -3.69. The first kappa shape index (κ1) is 24.1. The molecule has 0 fully saturated rings. The van der Waals surface area contributed by atoms with Crippen LogP contribution in [0, 0.1) is 5.82 Å². The van der Waals surface area contributed by atoms with Crippen molar-refractivity contribution in [2.24, 2.45) is 0 Å². The number of benzene rings is 1. The van der Waals surface area contributed by atoms with Crippen LogP contribution in [-0.2, 0) is 27.5 Å². The van der Waals surface area contributed by atoms with Gasteiger partial charge in [-0.15, -0.1) is 5.10 Å². The Morgan fingerprint density at radius 1 is 1.24 bits per heavy atom. The molecular weight excluding hydrogens is 468 g/mol. The van der Waals surface area contributed by atoms with Gasteiger partial charge in [-0.3, -0.25) is 14.5 Å². The van der Waals surface area contributed by atoms with E-state index in [1.807, 2.05) is 4.72 Å². The molecule has 0 bridgehead atoms. The highest BCUT2D eigenvalue weighted by Gasteiger charge is 2.37. The number of carbonyl (C=O) groups excluding carboxylic acids is 1. The SMILES string of the molecule is CC(C(=O)NCc1nc(C(F)(F)F)nn1-c1cccnc1)c1ccc(NS(C)(=O)=O)c(F)c1. The quantitative estimate of drug-likeness (QED) is 0.496. The molecule has 14 heteroatoms.